The molecule has 2 heterocycles. The second kappa shape index (κ2) is 8.20. The predicted molar refractivity (Wildman–Crippen MR) is 101 cm³/mol. The molecule has 1 aliphatic rings. The largest absolute Gasteiger partial charge is 0.359 e. The van der Waals surface area contributed by atoms with E-state index in [0.717, 1.165) is 5.69 Å². The minimum Gasteiger partial charge on any atom is -0.359 e. The summed E-state index contributed by atoms with van der Waals surface area (Å²) in [4.78, 5) is 32.8. The van der Waals surface area contributed by atoms with Crippen molar-refractivity contribution in [2.75, 3.05) is 44.7 Å². The molecule has 26 heavy (non-hydrogen) atoms. The Morgan fingerprint density at radius 3 is 2.65 bits per heavy atom. The third-order valence-electron chi connectivity index (χ3n) is 4.32. The molecule has 0 unspecified atom stereocenters. The highest BCUT2D eigenvalue weighted by Gasteiger charge is 2.30. The molecule has 1 aromatic rings. The Balaban J connectivity index is 2.08. The van der Waals surface area contributed by atoms with Gasteiger partial charge in [0.2, 0.25) is 11.8 Å². The van der Waals surface area contributed by atoms with Crippen LogP contribution in [0.4, 0.5) is 5.69 Å². The van der Waals surface area contributed by atoms with Gasteiger partial charge < -0.3 is 20.4 Å². The molecule has 1 fully saturated rings. The van der Waals surface area contributed by atoms with Gasteiger partial charge in [0.25, 0.3) is 0 Å². The van der Waals surface area contributed by atoms with Crippen LogP contribution in [0.1, 0.15) is 20.8 Å². The monoisotopic (exact) mass is 363 g/mol. The minimum atomic E-state index is -0.614. The predicted octanol–water partition coefficient (Wildman–Crippen LogP) is -0.194. The van der Waals surface area contributed by atoms with Gasteiger partial charge in [-0.1, -0.05) is 0 Å². The van der Waals surface area contributed by atoms with Gasteiger partial charge in [0, 0.05) is 39.9 Å². The molecule has 0 saturated carbocycles. The van der Waals surface area contributed by atoms with Crippen molar-refractivity contribution in [3.63, 3.8) is 0 Å². The number of aliphatic imine (C=N–C) groups is 1. The maximum atomic E-state index is 12.6. The third-order valence-corrected chi connectivity index (χ3v) is 4.32. The van der Waals surface area contributed by atoms with Gasteiger partial charge in [0.1, 0.15) is 6.54 Å². The summed E-state index contributed by atoms with van der Waals surface area (Å²) >= 11 is 0. The number of carbonyl (C=O) groups is 2. The molecule has 1 saturated heterocycles. The number of rotatable bonds is 5. The number of nitrogens with zero attached hydrogens (tertiary/aromatic N) is 5. The normalized spacial score (nSPS) is 16.0. The zero-order chi connectivity index (χ0) is 19.3. The molecule has 144 valence electrons. The average Bonchev–Trinajstić information content (AvgIpc) is 3.03. The van der Waals surface area contributed by atoms with Crippen LogP contribution in [0.15, 0.2) is 17.4 Å². The van der Waals surface area contributed by atoms with Gasteiger partial charge in [0.05, 0.1) is 23.8 Å². The maximum absolute atomic E-state index is 12.6. The van der Waals surface area contributed by atoms with E-state index in [2.05, 4.69) is 20.7 Å². The number of nitrogens with one attached hydrogen (secondary N) is 2. The van der Waals surface area contributed by atoms with Crippen LogP contribution in [-0.2, 0) is 16.6 Å². The SMILES string of the molecule is CCNC(=NCC(C)(C)C(=O)NC)N1CCN(c2cnn(C)c2)C(=O)C1. The van der Waals surface area contributed by atoms with Crippen LogP contribution >= 0.6 is 0 Å². The summed E-state index contributed by atoms with van der Waals surface area (Å²) in [5, 5.41) is 10.0. The number of hydrogen-bond donors (Lipinski definition) is 2. The van der Waals surface area contributed by atoms with Crippen LogP contribution in [0.3, 0.4) is 0 Å². The first-order valence-corrected chi connectivity index (χ1v) is 8.83. The van der Waals surface area contributed by atoms with Gasteiger partial charge in [-0.2, -0.15) is 5.10 Å². The van der Waals surface area contributed by atoms with Crippen LogP contribution in [0.25, 0.3) is 0 Å². The molecule has 0 bridgehead atoms. The summed E-state index contributed by atoms with van der Waals surface area (Å²) in [6.07, 6.45) is 3.53. The van der Waals surface area contributed by atoms with E-state index in [4.69, 9.17) is 0 Å². The van der Waals surface area contributed by atoms with Crippen molar-refractivity contribution in [2.24, 2.45) is 17.5 Å². The summed E-state index contributed by atoms with van der Waals surface area (Å²) in [6.45, 7) is 8.17. The van der Waals surface area contributed by atoms with Crippen molar-refractivity contribution >= 4 is 23.5 Å². The first kappa shape index (κ1) is 19.7. The van der Waals surface area contributed by atoms with Gasteiger partial charge in [-0.05, 0) is 20.8 Å². The lowest BCUT2D eigenvalue weighted by atomic mass is 9.93. The van der Waals surface area contributed by atoms with Crippen molar-refractivity contribution in [2.45, 2.75) is 20.8 Å². The van der Waals surface area contributed by atoms with Gasteiger partial charge in [-0.15, -0.1) is 0 Å². The average molecular weight is 363 g/mol. The van der Waals surface area contributed by atoms with E-state index in [0.29, 0.717) is 32.1 Å². The molecule has 0 atom stereocenters. The van der Waals surface area contributed by atoms with Crippen molar-refractivity contribution in [1.29, 1.82) is 0 Å². The summed E-state index contributed by atoms with van der Waals surface area (Å²) in [6, 6.07) is 0. The number of aromatic nitrogens is 2. The second-order valence-corrected chi connectivity index (χ2v) is 6.97. The van der Waals surface area contributed by atoms with Gasteiger partial charge >= 0.3 is 0 Å². The van der Waals surface area contributed by atoms with E-state index in [1.54, 1.807) is 22.8 Å². The summed E-state index contributed by atoms with van der Waals surface area (Å²) in [7, 11) is 3.45. The summed E-state index contributed by atoms with van der Waals surface area (Å²) in [5.41, 5.74) is 0.191. The molecule has 1 aromatic heterocycles. The summed E-state index contributed by atoms with van der Waals surface area (Å²) < 4.78 is 1.68. The molecular weight excluding hydrogens is 334 g/mol. The standard InChI is InChI=1S/C17H29N7O2/c1-6-19-16(20-12-17(2,3)15(26)18-4)23-7-8-24(14(25)11-23)13-9-21-22(5)10-13/h9-10H,6-8,11-12H2,1-5H3,(H,18,26)(H,19,20). The zero-order valence-electron chi connectivity index (χ0n) is 16.2. The Hall–Kier alpha value is -2.58. The fourth-order valence-electron chi connectivity index (χ4n) is 2.78. The lowest BCUT2D eigenvalue weighted by Crippen LogP contribution is -2.55. The molecule has 2 N–H and O–H groups in total. The number of hydrogen-bond acceptors (Lipinski definition) is 4. The van der Waals surface area contributed by atoms with Crippen LogP contribution in [0.2, 0.25) is 0 Å². The van der Waals surface area contributed by atoms with E-state index < -0.39 is 5.41 Å². The quantitative estimate of drug-likeness (QED) is 0.558. The molecule has 0 spiro atoms. The van der Waals surface area contributed by atoms with Crippen molar-refractivity contribution in [1.82, 2.24) is 25.3 Å². The first-order valence-electron chi connectivity index (χ1n) is 8.83. The lowest BCUT2D eigenvalue weighted by Gasteiger charge is -2.35. The van der Waals surface area contributed by atoms with Crippen molar-refractivity contribution in [3.05, 3.63) is 12.4 Å². The number of carbonyl (C=O) groups excluding carboxylic acids is 2. The van der Waals surface area contributed by atoms with Crippen molar-refractivity contribution in [3.8, 4) is 0 Å². The number of guanidine groups is 1. The van der Waals surface area contributed by atoms with Crippen LogP contribution in [0, 0.1) is 5.41 Å². The van der Waals surface area contributed by atoms with Crippen LogP contribution < -0.4 is 15.5 Å². The topological polar surface area (TPSA) is 94.9 Å². The highest BCUT2D eigenvalue weighted by molar-refractivity contribution is 5.98. The Morgan fingerprint density at radius 1 is 1.38 bits per heavy atom. The van der Waals surface area contributed by atoms with Gasteiger partial charge in [0.15, 0.2) is 5.96 Å². The molecule has 1 aliphatic heterocycles. The first-order chi connectivity index (χ1) is 12.3. The summed E-state index contributed by atoms with van der Waals surface area (Å²) in [5.74, 6) is 0.596. The lowest BCUT2D eigenvalue weighted by molar-refractivity contribution is -0.128. The van der Waals surface area contributed by atoms with Gasteiger partial charge in [-0.25, -0.2) is 0 Å². The van der Waals surface area contributed by atoms with Crippen LogP contribution in [0.5, 0.6) is 0 Å². The van der Waals surface area contributed by atoms with Crippen molar-refractivity contribution < 1.29 is 9.59 Å². The molecule has 0 radical (unpaired) electrons. The minimum absolute atomic E-state index is 0.000384. The Labute approximate surface area is 154 Å². The van der Waals surface area contributed by atoms with E-state index in [-0.39, 0.29) is 18.4 Å². The van der Waals surface area contributed by atoms with E-state index >= 15 is 0 Å². The highest BCUT2D eigenvalue weighted by Crippen LogP contribution is 2.18. The second-order valence-electron chi connectivity index (χ2n) is 6.97. The third kappa shape index (κ3) is 4.53. The van der Waals surface area contributed by atoms with E-state index in [1.165, 1.54) is 0 Å². The van der Waals surface area contributed by atoms with Crippen LogP contribution in [-0.4, -0.2) is 72.2 Å². The molecule has 2 rings (SSSR count). The highest BCUT2D eigenvalue weighted by atomic mass is 16.2. The molecule has 0 aliphatic carbocycles. The number of anilines is 1. The number of amides is 2. The Morgan fingerprint density at radius 2 is 2.12 bits per heavy atom. The molecule has 9 nitrogen and oxygen atoms in total. The van der Waals surface area contributed by atoms with Gasteiger partial charge in [-0.3, -0.25) is 19.3 Å². The molecular formula is C17H29N7O2. The smallest absolute Gasteiger partial charge is 0.246 e. The number of aryl methyl sites for hydroxylation is 1. The fourth-order valence-corrected chi connectivity index (χ4v) is 2.78. The Kier molecular flexibility index (Phi) is 6.23. The maximum Gasteiger partial charge on any atom is 0.246 e. The van der Waals surface area contributed by atoms with E-state index in [1.807, 2.05) is 38.9 Å². The van der Waals surface area contributed by atoms with E-state index in [9.17, 15) is 9.59 Å². The molecule has 0 aromatic carbocycles. The molecule has 9 heteroatoms. The molecule has 2 amide bonds. The fraction of sp³-hybridized carbons (Fsp3) is 0.647. The zero-order valence-corrected chi connectivity index (χ0v) is 16.2. The number of piperazine rings is 1. The Bertz CT molecular complexity index is 680.